The largest absolute Gasteiger partial charge is 0.397 e. The molecule has 0 radical (unpaired) electrons. The Balaban J connectivity index is 1.96. The molecule has 1 aliphatic rings. The Labute approximate surface area is 114 Å². The van der Waals surface area contributed by atoms with E-state index in [1.165, 1.54) is 0 Å². The van der Waals surface area contributed by atoms with Crippen LogP contribution >= 0.6 is 0 Å². The summed E-state index contributed by atoms with van der Waals surface area (Å²) in [7, 11) is 0. The molecule has 2 rings (SSSR count). The summed E-state index contributed by atoms with van der Waals surface area (Å²) in [6.45, 7) is 9.03. The first-order valence-corrected chi connectivity index (χ1v) is 6.64. The zero-order chi connectivity index (χ0) is 14.0. The Morgan fingerprint density at radius 1 is 1.21 bits per heavy atom. The Morgan fingerprint density at radius 2 is 1.84 bits per heavy atom. The number of nitrogens with two attached hydrogens (primary N) is 1. The number of hydrogen-bond donors (Lipinski definition) is 1. The maximum Gasteiger partial charge on any atom is 0.228 e. The molecule has 19 heavy (non-hydrogen) atoms. The molecule has 0 aliphatic carbocycles. The minimum Gasteiger partial charge on any atom is -0.397 e. The van der Waals surface area contributed by atoms with Gasteiger partial charge in [0.2, 0.25) is 5.91 Å². The van der Waals surface area contributed by atoms with Gasteiger partial charge in [-0.05, 0) is 12.1 Å². The lowest BCUT2D eigenvalue weighted by molar-refractivity contribution is -0.139. The summed E-state index contributed by atoms with van der Waals surface area (Å²) in [6, 6.07) is 3.78. The van der Waals surface area contributed by atoms with Crippen molar-refractivity contribution in [3.8, 4) is 0 Å². The van der Waals surface area contributed by atoms with Crippen molar-refractivity contribution in [3.63, 3.8) is 0 Å². The average molecular weight is 262 g/mol. The number of nitrogen functional groups attached to an aromatic ring is 1. The first kappa shape index (κ1) is 13.6. The molecular formula is C14H22N4O. The van der Waals surface area contributed by atoms with Crippen molar-refractivity contribution in [2.75, 3.05) is 36.8 Å². The third-order valence-electron chi connectivity index (χ3n) is 3.30. The maximum atomic E-state index is 12.2. The fraction of sp³-hybridized carbons (Fsp3) is 0.571. The molecule has 1 amide bonds. The van der Waals surface area contributed by atoms with E-state index in [1.807, 2.05) is 37.8 Å². The summed E-state index contributed by atoms with van der Waals surface area (Å²) >= 11 is 0. The lowest BCUT2D eigenvalue weighted by Crippen LogP contribution is -2.51. The second-order valence-corrected chi connectivity index (χ2v) is 5.98. The van der Waals surface area contributed by atoms with Gasteiger partial charge in [-0.2, -0.15) is 0 Å². The third-order valence-corrected chi connectivity index (χ3v) is 3.30. The standard InChI is InChI=1S/C14H22N4O/c1-14(2,3)13(19)18-8-6-17(7-9-18)12-5-4-11(15)10-16-12/h4-5,10H,6-9,15H2,1-3H3. The van der Waals surface area contributed by atoms with Crippen molar-refractivity contribution in [1.82, 2.24) is 9.88 Å². The summed E-state index contributed by atoms with van der Waals surface area (Å²) in [5.74, 6) is 1.15. The topological polar surface area (TPSA) is 62.5 Å². The summed E-state index contributed by atoms with van der Waals surface area (Å²) in [5, 5.41) is 0. The molecule has 0 unspecified atom stereocenters. The van der Waals surface area contributed by atoms with E-state index in [1.54, 1.807) is 6.20 Å². The van der Waals surface area contributed by atoms with Gasteiger partial charge in [-0.1, -0.05) is 20.8 Å². The fourth-order valence-corrected chi connectivity index (χ4v) is 2.20. The Hall–Kier alpha value is -1.78. The zero-order valence-corrected chi connectivity index (χ0v) is 11.9. The number of amides is 1. The van der Waals surface area contributed by atoms with Gasteiger partial charge in [0.05, 0.1) is 11.9 Å². The molecule has 0 saturated carbocycles. The summed E-state index contributed by atoms with van der Waals surface area (Å²) in [5.41, 5.74) is 6.00. The van der Waals surface area contributed by atoms with Gasteiger partial charge in [-0.3, -0.25) is 4.79 Å². The number of aromatic nitrogens is 1. The minimum atomic E-state index is -0.304. The molecule has 0 spiro atoms. The van der Waals surface area contributed by atoms with E-state index in [0.29, 0.717) is 5.69 Å². The van der Waals surface area contributed by atoms with Crippen LogP contribution in [0.25, 0.3) is 0 Å². The molecule has 1 aliphatic heterocycles. The number of pyridine rings is 1. The smallest absolute Gasteiger partial charge is 0.228 e. The highest BCUT2D eigenvalue weighted by atomic mass is 16.2. The van der Waals surface area contributed by atoms with Crippen molar-refractivity contribution in [1.29, 1.82) is 0 Å². The van der Waals surface area contributed by atoms with Gasteiger partial charge in [0.25, 0.3) is 0 Å². The molecule has 0 aromatic carbocycles. The number of carbonyl (C=O) groups excluding carboxylic acids is 1. The normalized spacial score (nSPS) is 16.6. The van der Waals surface area contributed by atoms with E-state index < -0.39 is 0 Å². The van der Waals surface area contributed by atoms with E-state index in [2.05, 4.69) is 9.88 Å². The van der Waals surface area contributed by atoms with Crippen LogP contribution in [0.1, 0.15) is 20.8 Å². The number of rotatable bonds is 1. The number of hydrogen-bond acceptors (Lipinski definition) is 4. The summed E-state index contributed by atoms with van der Waals surface area (Å²) in [6.07, 6.45) is 1.67. The first-order chi connectivity index (χ1) is 8.88. The van der Waals surface area contributed by atoms with Crippen LogP contribution in [0.15, 0.2) is 18.3 Å². The summed E-state index contributed by atoms with van der Waals surface area (Å²) < 4.78 is 0. The van der Waals surface area contributed by atoms with Crippen molar-refractivity contribution < 1.29 is 4.79 Å². The first-order valence-electron chi connectivity index (χ1n) is 6.64. The quantitative estimate of drug-likeness (QED) is 0.830. The van der Waals surface area contributed by atoms with E-state index in [-0.39, 0.29) is 11.3 Å². The average Bonchev–Trinajstić information content (AvgIpc) is 2.38. The molecule has 5 heteroatoms. The van der Waals surface area contributed by atoms with Crippen LogP contribution in [0.3, 0.4) is 0 Å². The SMILES string of the molecule is CC(C)(C)C(=O)N1CCN(c2ccc(N)cn2)CC1. The van der Waals surface area contributed by atoms with Gasteiger partial charge in [-0.25, -0.2) is 4.98 Å². The van der Waals surface area contributed by atoms with Crippen LogP contribution in [0.5, 0.6) is 0 Å². The predicted molar refractivity (Wildman–Crippen MR) is 76.9 cm³/mol. The van der Waals surface area contributed by atoms with E-state index >= 15 is 0 Å². The van der Waals surface area contributed by atoms with Gasteiger partial charge in [0.1, 0.15) is 5.82 Å². The van der Waals surface area contributed by atoms with E-state index in [9.17, 15) is 4.79 Å². The molecule has 1 fully saturated rings. The van der Waals surface area contributed by atoms with Gasteiger partial charge in [0.15, 0.2) is 0 Å². The van der Waals surface area contributed by atoms with Gasteiger partial charge >= 0.3 is 0 Å². The van der Waals surface area contributed by atoms with Crippen LogP contribution in [0, 0.1) is 5.41 Å². The van der Waals surface area contributed by atoms with Crippen LogP contribution in [0.2, 0.25) is 0 Å². The molecule has 104 valence electrons. The second-order valence-electron chi connectivity index (χ2n) is 5.98. The third kappa shape index (κ3) is 3.16. The fourth-order valence-electron chi connectivity index (χ4n) is 2.20. The highest BCUT2D eigenvalue weighted by molar-refractivity contribution is 5.81. The molecule has 2 heterocycles. The van der Waals surface area contributed by atoms with Gasteiger partial charge in [0, 0.05) is 31.6 Å². The van der Waals surface area contributed by atoms with Crippen molar-refractivity contribution in [2.45, 2.75) is 20.8 Å². The van der Waals surface area contributed by atoms with Crippen LogP contribution < -0.4 is 10.6 Å². The summed E-state index contributed by atoms with van der Waals surface area (Å²) in [4.78, 5) is 20.6. The number of anilines is 2. The van der Waals surface area contributed by atoms with Gasteiger partial charge < -0.3 is 15.5 Å². The predicted octanol–water partition coefficient (Wildman–Crippen LogP) is 1.36. The zero-order valence-electron chi connectivity index (χ0n) is 11.9. The van der Waals surface area contributed by atoms with Crippen LogP contribution in [0.4, 0.5) is 11.5 Å². The monoisotopic (exact) mass is 262 g/mol. The molecule has 1 aromatic rings. The van der Waals surface area contributed by atoms with Gasteiger partial charge in [-0.15, -0.1) is 0 Å². The van der Waals surface area contributed by atoms with Crippen molar-refractivity contribution in [3.05, 3.63) is 18.3 Å². The molecule has 5 nitrogen and oxygen atoms in total. The highest BCUT2D eigenvalue weighted by Gasteiger charge is 2.29. The molecule has 0 atom stereocenters. The van der Waals surface area contributed by atoms with Crippen molar-refractivity contribution in [2.24, 2.45) is 5.41 Å². The molecular weight excluding hydrogens is 240 g/mol. The van der Waals surface area contributed by atoms with Crippen LogP contribution in [-0.2, 0) is 4.79 Å². The number of carbonyl (C=O) groups is 1. The Morgan fingerprint density at radius 3 is 2.32 bits per heavy atom. The van der Waals surface area contributed by atoms with E-state index in [0.717, 1.165) is 32.0 Å². The van der Waals surface area contributed by atoms with Crippen LogP contribution in [-0.4, -0.2) is 42.0 Å². The molecule has 2 N–H and O–H groups in total. The van der Waals surface area contributed by atoms with E-state index in [4.69, 9.17) is 5.73 Å². The maximum absolute atomic E-state index is 12.2. The Kier molecular flexibility index (Phi) is 3.64. The molecule has 0 bridgehead atoms. The number of piperazine rings is 1. The Bertz CT molecular complexity index is 442. The second kappa shape index (κ2) is 5.07. The minimum absolute atomic E-state index is 0.220. The highest BCUT2D eigenvalue weighted by Crippen LogP contribution is 2.20. The lowest BCUT2D eigenvalue weighted by atomic mass is 9.94. The number of nitrogens with zero attached hydrogens (tertiary/aromatic N) is 3. The molecule has 1 aromatic heterocycles. The lowest BCUT2D eigenvalue weighted by Gasteiger charge is -2.38. The van der Waals surface area contributed by atoms with Crippen molar-refractivity contribution >= 4 is 17.4 Å². The molecule has 1 saturated heterocycles.